The Morgan fingerprint density at radius 3 is 2.67 bits per heavy atom. The smallest absolute Gasteiger partial charge is 0.211 e. The number of rotatable bonds is 7. The molecule has 0 aliphatic rings. The molecule has 102 valence electrons. The van der Waals surface area contributed by atoms with E-state index in [2.05, 4.69) is 4.72 Å². The van der Waals surface area contributed by atoms with Gasteiger partial charge in [-0.15, -0.1) is 11.6 Å². The zero-order chi connectivity index (χ0) is 13.6. The van der Waals surface area contributed by atoms with Gasteiger partial charge in [0, 0.05) is 12.4 Å². The molecular formula is C13H20ClNO2S. The fourth-order valence-electron chi connectivity index (χ4n) is 1.70. The van der Waals surface area contributed by atoms with E-state index in [4.69, 9.17) is 11.6 Å². The highest BCUT2D eigenvalue weighted by Crippen LogP contribution is 2.13. The van der Waals surface area contributed by atoms with E-state index in [0.29, 0.717) is 23.2 Å². The van der Waals surface area contributed by atoms with Gasteiger partial charge in [0.05, 0.1) is 4.90 Å². The third kappa shape index (κ3) is 4.59. The minimum absolute atomic E-state index is 0.294. The highest BCUT2D eigenvalue weighted by atomic mass is 35.5. The number of hydrogen-bond donors (Lipinski definition) is 1. The SMILES string of the molecule is CCC(CCCl)CNS(=O)(=O)c1cccc(C)c1. The highest BCUT2D eigenvalue weighted by molar-refractivity contribution is 7.89. The molecule has 0 saturated heterocycles. The summed E-state index contributed by atoms with van der Waals surface area (Å²) in [5, 5.41) is 0. The Morgan fingerprint density at radius 1 is 1.39 bits per heavy atom. The van der Waals surface area contributed by atoms with E-state index in [0.717, 1.165) is 18.4 Å². The molecule has 1 N–H and O–H groups in total. The molecule has 0 spiro atoms. The van der Waals surface area contributed by atoms with Crippen LogP contribution in [-0.4, -0.2) is 20.8 Å². The average Bonchev–Trinajstić information content (AvgIpc) is 2.34. The van der Waals surface area contributed by atoms with Gasteiger partial charge in [-0.05, 0) is 37.0 Å². The van der Waals surface area contributed by atoms with Crippen molar-refractivity contribution >= 4 is 21.6 Å². The van der Waals surface area contributed by atoms with Gasteiger partial charge in [0.2, 0.25) is 10.0 Å². The summed E-state index contributed by atoms with van der Waals surface area (Å²) in [5.41, 5.74) is 0.936. The van der Waals surface area contributed by atoms with Gasteiger partial charge in [-0.3, -0.25) is 0 Å². The van der Waals surface area contributed by atoms with Crippen LogP contribution in [-0.2, 0) is 10.0 Å². The van der Waals surface area contributed by atoms with Crippen LogP contribution in [0.4, 0.5) is 0 Å². The van der Waals surface area contributed by atoms with Crippen molar-refractivity contribution in [2.75, 3.05) is 12.4 Å². The minimum atomic E-state index is -3.40. The molecular weight excluding hydrogens is 270 g/mol. The van der Waals surface area contributed by atoms with E-state index in [9.17, 15) is 8.42 Å². The van der Waals surface area contributed by atoms with E-state index in [-0.39, 0.29) is 0 Å². The van der Waals surface area contributed by atoms with Crippen molar-refractivity contribution in [3.8, 4) is 0 Å². The molecule has 0 aliphatic heterocycles. The predicted octanol–water partition coefficient (Wildman–Crippen LogP) is 2.93. The lowest BCUT2D eigenvalue weighted by Gasteiger charge is -2.14. The molecule has 18 heavy (non-hydrogen) atoms. The van der Waals surface area contributed by atoms with Crippen LogP contribution in [0, 0.1) is 12.8 Å². The van der Waals surface area contributed by atoms with Crippen molar-refractivity contribution in [2.45, 2.75) is 31.6 Å². The highest BCUT2D eigenvalue weighted by Gasteiger charge is 2.15. The van der Waals surface area contributed by atoms with Crippen molar-refractivity contribution < 1.29 is 8.42 Å². The molecule has 0 heterocycles. The third-order valence-corrected chi connectivity index (χ3v) is 4.60. The molecule has 0 aromatic heterocycles. The molecule has 1 unspecified atom stereocenters. The molecule has 3 nitrogen and oxygen atoms in total. The van der Waals surface area contributed by atoms with Gasteiger partial charge < -0.3 is 0 Å². The fraction of sp³-hybridized carbons (Fsp3) is 0.538. The Kier molecular flexibility index (Phi) is 6.12. The van der Waals surface area contributed by atoms with E-state index in [1.807, 2.05) is 19.9 Å². The predicted molar refractivity (Wildman–Crippen MR) is 75.5 cm³/mol. The van der Waals surface area contributed by atoms with Gasteiger partial charge in [-0.25, -0.2) is 13.1 Å². The van der Waals surface area contributed by atoms with E-state index in [1.165, 1.54) is 0 Å². The topological polar surface area (TPSA) is 46.2 Å². The summed E-state index contributed by atoms with van der Waals surface area (Å²) in [5.74, 6) is 0.854. The molecule has 5 heteroatoms. The zero-order valence-corrected chi connectivity index (χ0v) is 12.4. The summed E-state index contributed by atoms with van der Waals surface area (Å²) in [6, 6.07) is 6.91. The van der Waals surface area contributed by atoms with E-state index in [1.54, 1.807) is 18.2 Å². The van der Waals surface area contributed by atoms with Gasteiger partial charge in [0.1, 0.15) is 0 Å². The molecule has 0 aliphatic carbocycles. The maximum absolute atomic E-state index is 12.1. The molecule has 0 saturated carbocycles. The number of sulfonamides is 1. The molecule has 0 radical (unpaired) electrons. The van der Waals surface area contributed by atoms with Crippen molar-refractivity contribution in [1.29, 1.82) is 0 Å². The van der Waals surface area contributed by atoms with E-state index >= 15 is 0 Å². The number of halogens is 1. The average molecular weight is 290 g/mol. The molecule has 1 aromatic carbocycles. The van der Waals surface area contributed by atoms with Gasteiger partial charge in [0.15, 0.2) is 0 Å². The third-order valence-electron chi connectivity index (χ3n) is 2.96. The molecule has 1 rings (SSSR count). The fourth-order valence-corrected chi connectivity index (χ4v) is 3.23. The number of aryl methyl sites for hydroxylation is 1. The van der Waals surface area contributed by atoms with Crippen LogP contribution < -0.4 is 4.72 Å². The summed E-state index contributed by atoms with van der Waals surface area (Å²) < 4.78 is 26.8. The van der Waals surface area contributed by atoms with Crippen LogP contribution >= 0.6 is 11.6 Å². The van der Waals surface area contributed by atoms with Gasteiger partial charge >= 0.3 is 0 Å². The number of benzene rings is 1. The Hall–Kier alpha value is -0.580. The van der Waals surface area contributed by atoms with E-state index < -0.39 is 10.0 Å². The lowest BCUT2D eigenvalue weighted by Crippen LogP contribution is -2.29. The first-order chi connectivity index (χ1) is 8.49. The second-order valence-electron chi connectivity index (χ2n) is 4.42. The Balaban J connectivity index is 2.70. The summed E-state index contributed by atoms with van der Waals surface area (Å²) in [6.45, 7) is 4.36. The Bertz CT molecular complexity index is 474. The Morgan fingerprint density at radius 2 is 2.11 bits per heavy atom. The first-order valence-corrected chi connectivity index (χ1v) is 8.13. The van der Waals surface area contributed by atoms with Crippen LogP contribution in [0.5, 0.6) is 0 Å². The van der Waals surface area contributed by atoms with Crippen LogP contribution in [0.2, 0.25) is 0 Å². The summed E-state index contributed by atoms with van der Waals surface area (Å²) in [4.78, 5) is 0.322. The second-order valence-corrected chi connectivity index (χ2v) is 6.57. The Labute approximate surface area is 115 Å². The number of hydrogen-bond acceptors (Lipinski definition) is 2. The number of alkyl halides is 1. The quantitative estimate of drug-likeness (QED) is 0.785. The van der Waals surface area contributed by atoms with Gasteiger partial charge in [-0.1, -0.05) is 25.5 Å². The van der Waals surface area contributed by atoms with Crippen LogP contribution in [0.1, 0.15) is 25.3 Å². The summed E-state index contributed by atoms with van der Waals surface area (Å²) in [6.07, 6.45) is 1.75. The van der Waals surface area contributed by atoms with Crippen LogP contribution in [0.15, 0.2) is 29.2 Å². The maximum Gasteiger partial charge on any atom is 0.240 e. The lowest BCUT2D eigenvalue weighted by molar-refractivity contribution is 0.481. The first kappa shape index (κ1) is 15.5. The van der Waals surface area contributed by atoms with Crippen molar-refractivity contribution in [3.63, 3.8) is 0 Å². The van der Waals surface area contributed by atoms with Crippen LogP contribution in [0.25, 0.3) is 0 Å². The van der Waals surface area contributed by atoms with Crippen molar-refractivity contribution in [1.82, 2.24) is 4.72 Å². The molecule has 0 bridgehead atoms. The van der Waals surface area contributed by atoms with Crippen molar-refractivity contribution in [3.05, 3.63) is 29.8 Å². The van der Waals surface area contributed by atoms with Crippen molar-refractivity contribution in [2.24, 2.45) is 5.92 Å². The summed E-state index contributed by atoms with van der Waals surface area (Å²) in [7, 11) is -3.40. The number of nitrogens with one attached hydrogen (secondary N) is 1. The maximum atomic E-state index is 12.1. The largest absolute Gasteiger partial charge is 0.240 e. The van der Waals surface area contributed by atoms with Crippen LogP contribution in [0.3, 0.4) is 0 Å². The molecule has 1 atom stereocenters. The lowest BCUT2D eigenvalue weighted by atomic mass is 10.0. The second kappa shape index (κ2) is 7.12. The monoisotopic (exact) mass is 289 g/mol. The molecule has 1 aromatic rings. The minimum Gasteiger partial charge on any atom is -0.211 e. The zero-order valence-electron chi connectivity index (χ0n) is 10.8. The molecule has 0 amide bonds. The van der Waals surface area contributed by atoms with Gasteiger partial charge in [-0.2, -0.15) is 0 Å². The normalized spacial score (nSPS) is 13.5. The molecule has 0 fully saturated rings. The summed E-state index contributed by atoms with van der Waals surface area (Å²) >= 11 is 5.69. The standard InChI is InChI=1S/C13H20ClNO2S/c1-3-12(7-8-14)10-15-18(16,17)13-6-4-5-11(2)9-13/h4-6,9,12,15H,3,7-8,10H2,1-2H3. The first-order valence-electron chi connectivity index (χ1n) is 6.12. The van der Waals surface area contributed by atoms with Gasteiger partial charge in [0.25, 0.3) is 0 Å².